The molecule has 6 aromatic carbocycles. The molecule has 8 aromatic rings. The molecule has 0 saturated carbocycles. The van der Waals surface area contributed by atoms with Crippen LogP contribution in [0, 0.1) is 0 Å². The van der Waals surface area contributed by atoms with Crippen LogP contribution in [-0.4, -0.2) is 15.0 Å². The summed E-state index contributed by atoms with van der Waals surface area (Å²) in [5.74, 6) is 0.860. The molecule has 3 heterocycles. The third-order valence-corrected chi connectivity index (χ3v) is 8.90. The Morgan fingerprint density at radius 2 is 1.06 bits per heavy atom. The fraction of sp³-hybridized carbons (Fsp3) is 0. The number of hydrogen-bond acceptors (Lipinski definition) is 4. The van der Waals surface area contributed by atoms with Crippen molar-refractivity contribution in [1.29, 1.82) is 0 Å². The molecular weight excluding hydrogens is 573 g/mol. The van der Waals surface area contributed by atoms with Gasteiger partial charge in [0.15, 0.2) is 0 Å². The molecule has 1 aliphatic rings. The van der Waals surface area contributed by atoms with Gasteiger partial charge in [-0.2, -0.15) is 0 Å². The van der Waals surface area contributed by atoms with E-state index in [0.717, 1.165) is 62.0 Å². The van der Waals surface area contributed by atoms with Gasteiger partial charge in [-0.25, -0.2) is 15.0 Å². The van der Waals surface area contributed by atoms with E-state index in [0.29, 0.717) is 0 Å². The molecule has 220 valence electrons. The van der Waals surface area contributed by atoms with Crippen LogP contribution in [0.1, 0.15) is 0 Å². The molecule has 0 unspecified atom stereocenters. The first-order valence-electron chi connectivity index (χ1n) is 15.8. The molecule has 0 aliphatic carbocycles. The molecule has 0 radical (unpaired) electrons. The number of nitrogens with zero attached hydrogens (tertiary/aromatic N) is 4. The quantitative estimate of drug-likeness (QED) is 0.197. The molecule has 4 nitrogen and oxygen atoms in total. The standard InChI is InChI=1S/C43H28N4/c1-4-12-29(13-5-1)34-22-33-19-11-21-41-42(33)37(24-34)38-27-44-28-45-43(38)47(41)36-20-10-18-32(23-36)40-26-35(30-14-6-2-7-15-30)25-39(46-40)31-16-8-3-9-17-31/h1-28H. The highest BCUT2D eigenvalue weighted by Gasteiger charge is 2.28. The predicted molar refractivity (Wildman–Crippen MR) is 193 cm³/mol. The molecule has 0 atom stereocenters. The van der Waals surface area contributed by atoms with Crippen LogP contribution in [-0.2, 0) is 0 Å². The van der Waals surface area contributed by atoms with Crippen molar-refractivity contribution in [3.63, 3.8) is 0 Å². The average molecular weight is 601 g/mol. The maximum Gasteiger partial charge on any atom is 0.148 e. The minimum absolute atomic E-state index is 0.860. The summed E-state index contributed by atoms with van der Waals surface area (Å²) in [7, 11) is 0. The van der Waals surface area contributed by atoms with Crippen molar-refractivity contribution in [2.75, 3.05) is 4.90 Å². The SMILES string of the molecule is c1ccc(-c2cc(-c3ccccc3)nc(-c3cccc(N4c5ncncc5-c5cc(-c6ccccc6)cc6cccc4c56)c3)c2)cc1. The average Bonchev–Trinajstić information content (AvgIpc) is 3.16. The second-order valence-corrected chi connectivity index (χ2v) is 11.8. The molecule has 9 rings (SSSR count). The molecule has 47 heavy (non-hydrogen) atoms. The Hall–Kier alpha value is -6.39. The van der Waals surface area contributed by atoms with E-state index >= 15 is 0 Å². The van der Waals surface area contributed by atoms with Crippen LogP contribution in [0.5, 0.6) is 0 Å². The molecular formula is C43H28N4. The van der Waals surface area contributed by atoms with Gasteiger partial charge in [-0.15, -0.1) is 0 Å². The Bertz CT molecular complexity index is 2350. The van der Waals surface area contributed by atoms with Crippen molar-refractivity contribution in [3.05, 3.63) is 170 Å². The highest BCUT2D eigenvalue weighted by atomic mass is 15.2. The van der Waals surface area contributed by atoms with E-state index < -0.39 is 0 Å². The fourth-order valence-electron chi connectivity index (χ4n) is 6.71. The Morgan fingerprint density at radius 1 is 0.447 bits per heavy atom. The summed E-state index contributed by atoms with van der Waals surface area (Å²) >= 11 is 0. The smallest absolute Gasteiger partial charge is 0.148 e. The molecule has 2 aromatic heterocycles. The molecule has 0 bridgehead atoms. The van der Waals surface area contributed by atoms with Crippen molar-refractivity contribution in [1.82, 2.24) is 15.0 Å². The Morgan fingerprint density at radius 3 is 1.79 bits per heavy atom. The van der Waals surface area contributed by atoms with Crippen molar-refractivity contribution in [3.8, 4) is 55.9 Å². The molecule has 1 aliphatic heterocycles. The number of benzene rings is 6. The Labute approximate surface area is 273 Å². The first kappa shape index (κ1) is 27.0. The van der Waals surface area contributed by atoms with Crippen molar-refractivity contribution in [2.45, 2.75) is 0 Å². The van der Waals surface area contributed by atoms with E-state index in [2.05, 4.69) is 155 Å². The zero-order chi connectivity index (χ0) is 31.2. The van der Waals surface area contributed by atoms with Crippen LogP contribution in [0.25, 0.3) is 66.7 Å². The van der Waals surface area contributed by atoms with Crippen LogP contribution in [0.3, 0.4) is 0 Å². The summed E-state index contributed by atoms with van der Waals surface area (Å²) < 4.78 is 0. The molecule has 0 fully saturated rings. The Kier molecular flexibility index (Phi) is 6.43. The van der Waals surface area contributed by atoms with Crippen molar-refractivity contribution < 1.29 is 0 Å². The van der Waals surface area contributed by atoms with Gasteiger partial charge in [0, 0.05) is 34.0 Å². The third kappa shape index (κ3) is 4.75. The van der Waals surface area contributed by atoms with Crippen LogP contribution in [0.4, 0.5) is 17.2 Å². The minimum Gasteiger partial charge on any atom is -0.294 e. The van der Waals surface area contributed by atoms with Gasteiger partial charge in [-0.1, -0.05) is 115 Å². The summed E-state index contributed by atoms with van der Waals surface area (Å²) in [5, 5.41) is 2.37. The van der Waals surface area contributed by atoms with E-state index in [-0.39, 0.29) is 0 Å². The number of pyridine rings is 1. The molecule has 0 saturated heterocycles. The van der Waals surface area contributed by atoms with Crippen LogP contribution >= 0.6 is 0 Å². The fourth-order valence-corrected chi connectivity index (χ4v) is 6.71. The first-order chi connectivity index (χ1) is 23.3. The highest BCUT2D eigenvalue weighted by molar-refractivity contribution is 6.14. The molecule has 0 spiro atoms. The maximum atomic E-state index is 5.20. The molecule has 4 heteroatoms. The van der Waals surface area contributed by atoms with Crippen molar-refractivity contribution >= 4 is 28.0 Å². The van der Waals surface area contributed by atoms with E-state index in [1.807, 2.05) is 18.3 Å². The number of fused-ring (bicyclic) bond motifs is 2. The molecule has 0 N–H and O–H groups in total. The Balaban J connectivity index is 1.22. The van der Waals surface area contributed by atoms with Gasteiger partial charge in [0.25, 0.3) is 0 Å². The zero-order valence-electron chi connectivity index (χ0n) is 25.5. The van der Waals surface area contributed by atoms with Crippen LogP contribution < -0.4 is 4.90 Å². The third-order valence-electron chi connectivity index (χ3n) is 8.90. The maximum absolute atomic E-state index is 5.20. The van der Waals surface area contributed by atoms with Crippen molar-refractivity contribution in [2.24, 2.45) is 0 Å². The zero-order valence-corrected chi connectivity index (χ0v) is 25.5. The topological polar surface area (TPSA) is 41.9 Å². The number of anilines is 3. The monoisotopic (exact) mass is 600 g/mol. The lowest BCUT2D eigenvalue weighted by Gasteiger charge is -2.32. The van der Waals surface area contributed by atoms with E-state index in [1.165, 1.54) is 21.9 Å². The van der Waals surface area contributed by atoms with Gasteiger partial charge in [0.05, 0.1) is 17.1 Å². The summed E-state index contributed by atoms with van der Waals surface area (Å²) in [6, 6.07) is 55.5. The summed E-state index contributed by atoms with van der Waals surface area (Å²) in [5.41, 5.74) is 12.9. The lowest BCUT2D eigenvalue weighted by Crippen LogP contribution is -2.17. The minimum atomic E-state index is 0.860. The second-order valence-electron chi connectivity index (χ2n) is 11.8. The molecule has 0 amide bonds. The highest BCUT2D eigenvalue weighted by Crippen LogP contribution is 2.51. The van der Waals surface area contributed by atoms with Gasteiger partial charge in [-0.05, 0) is 75.7 Å². The number of hydrogen-bond donors (Lipinski definition) is 0. The number of rotatable bonds is 5. The van der Waals surface area contributed by atoms with Gasteiger partial charge >= 0.3 is 0 Å². The van der Waals surface area contributed by atoms with Crippen LogP contribution in [0.2, 0.25) is 0 Å². The normalized spacial score (nSPS) is 11.8. The second kappa shape index (κ2) is 11.2. The largest absolute Gasteiger partial charge is 0.294 e. The lowest BCUT2D eigenvalue weighted by molar-refractivity contribution is 1.11. The van der Waals surface area contributed by atoms with Gasteiger partial charge < -0.3 is 0 Å². The van der Waals surface area contributed by atoms with Gasteiger partial charge in [0.2, 0.25) is 0 Å². The van der Waals surface area contributed by atoms with E-state index in [9.17, 15) is 0 Å². The first-order valence-corrected chi connectivity index (χ1v) is 15.8. The van der Waals surface area contributed by atoms with E-state index in [4.69, 9.17) is 9.97 Å². The van der Waals surface area contributed by atoms with Gasteiger partial charge in [0.1, 0.15) is 12.1 Å². The lowest BCUT2D eigenvalue weighted by atomic mass is 9.89. The van der Waals surface area contributed by atoms with Gasteiger partial charge in [-0.3, -0.25) is 4.90 Å². The summed E-state index contributed by atoms with van der Waals surface area (Å²) in [6.07, 6.45) is 3.58. The van der Waals surface area contributed by atoms with E-state index in [1.54, 1.807) is 6.33 Å². The predicted octanol–water partition coefficient (Wildman–Crippen LogP) is 11.1. The summed E-state index contributed by atoms with van der Waals surface area (Å²) in [6.45, 7) is 0. The van der Waals surface area contributed by atoms with Crippen LogP contribution in [0.15, 0.2) is 170 Å². The number of aromatic nitrogens is 3. The summed E-state index contributed by atoms with van der Waals surface area (Å²) in [4.78, 5) is 16.8.